The number of hydrogen-bond donors (Lipinski definition) is 0. The van der Waals surface area contributed by atoms with Crippen molar-refractivity contribution < 1.29 is 18.7 Å². The van der Waals surface area contributed by atoms with Crippen LogP contribution < -0.4 is 4.74 Å². The third kappa shape index (κ3) is 2.94. The summed E-state index contributed by atoms with van der Waals surface area (Å²) >= 11 is 0. The van der Waals surface area contributed by atoms with E-state index in [0.29, 0.717) is 30.9 Å². The summed E-state index contributed by atoms with van der Waals surface area (Å²) in [7, 11) is 3.38. The van der Waals surface area contributed by atoms with Crippen molar-refractivity contribution in [3.8, 4) is 5.75 Å². The standard InChI is InChI=1S/C16H21FN2O3/c1-18-10-16(22-9-15(18)20)5-6-19(11-16)8-12-7-13(21-2)3-4-14(12)17/h3-4,7H,5-6,8-11H2,1-2H3/t16-/m1/s1. The molecule has 0 N–H and O–H groups in total. The van der Waals surface area contributed by atoms with Crippen molar-refractivity contribution in [2.45, 2.75) is 18.6 Å². The molecule has 120 valence electrons. The smallest absolute Gasteiger partial charge is 0.248 e. The van der Waals surface area contributed by atoms with Gasteiger partial charge in [0.25, 0.3) is 0 Å². The molecule has 0 unspecified atom stereocenters. The monoisotopic (exact) mass is 308 g/mol. The number of carbonyl (C=O) groups excluding carboxylic acids is 1. The zero-order valence-corrected chi connectivity index (χ0v) is 13.0. The molecule has 2 heterocycles. The van der Waals surface area contributed by atoms with Gasteiger partial charge < -0.3 is 14.4 Å². The van der Waals surface area contributed by atoms with Gasteiger partial charge in [-0.1, -0.05) is 0 Å². The van der Waals surface area contributed by atoms with Gasteiger partial charge in [0.2, 0.25) is 5.91 Å². The summed E-state index contributed by atoms with van der Waals surface area (Å²) in [4.78, 5) is 15.4. The van der Waals surface area contributed by atoms with Crippen molar-refractivity contribution in [3.05, 3.63) is 29.6 Å². The minimum absolute atomic E-state index is 0.0166. The highest BCUT2D eigenvalue weighted by Gasteiger charge is 2.44. The average Bonchev–Trinajstić information content (AvgIpc) is 2.88. The van der Waals surface area contributed by atoms with E-state index < -0.39 is 0 Å². The van der Waals surface area contributed by atoms with E-state index in [1.54, 1.807) is 31.2 Å². The van der Waals surface area contributed by atoms with Crippen LogP contribution >= 0.6 is 0 Å². The molecule has 2 aliphatic rings. The highest BCUT2D eigenvalue weighted by Crippen LogP contribution is 2.30. The van der Waals surface area contributed by atoms with Gasteiger partial charge in [-0.15, -0.1) is 0 Å². The Hall–Kier alpha value is -1.66. The summed E-state index contributed by atoms with van der Waals surface area (Å²) in [6.07, 6.45) is 0.857. The average molecular weight is 308 g/mol. The zero-order valence-electron chi connectivity index (χ0n) is 13.0. The summed E-state index contributed by atoms with van der Waals surface area (Å²) in [5, 5.41) is 0. The van der Waals surface area contributed by atoms with Gasteiger partial charge in [0.1, 0.15) is 23.8 Å². The number of morpholine rings is 1. The van der Waals surface area contributed by atoms with Gasteiger partial charge in [-0.3, -0.25) is 9.69 Å². The molecule has 2 aliphatic heterocycles. The molecule has 1 atom stereocenters. The number of ether oxygens (including phenoxy) is 2. The summed E-state index contributed by atoms with van der Waals surface area (Å²) in [6.45, 7) is 2.80. The zero-order chi connectivity index (χ0) is 15.7. The quantitative estimate of drug-likeness (QED) is 0.843. The Kier molecular flexibility index (Phi) is 4.06. The molecular formula is C16H21FN2O3. The minimum Gasteiger partial charge on any atom is -0.497 e. The Bertz CT molecular complexity index is 581. The van der Waals surface area contributed by atoms with E-state index >= 15 is 0 Å². The van der Waals surface area contributed by atoms with E-state index in [1.807, 2.05) is 0 Å². The molecule has 1 aromatic carbocycles. The Morgan fingerprint density at radius 2 is 2.23 bits per heavy atom. The summed E-state index contributed by atoms with van der Waals surface area (Å²) in [5.41, 5.74) is 0.314. The Morgan fingerprint density at radius 1 is 1.41 bits per heavy atom. The van der Waals surface area contributed by atoms with E-state index in [1.165, 1.54) is 6.07 Å². The molecule has 1 spiro atoms. The second-order valence-electron chi connectivity index (χ2n) is 6.14. The molecule has 3 rings (SSSR count). The van der Waals surface area contributed by atoms with Crippen molar-refractivity contribution >= 4 is 5.91 Å². The first kappa shape index (κ1) is 15.2. The largest absolute Gasteiger partial charge is 0.497 e. The molecular weight excluding hydrogens is 287 g/mol. The van der Waals surface area contributed by atoms with Crippen LogP contribution in [0.5, 0.6) is 5.75 Å². The number of hydrogen-bond acceptors (Lipinski definition) is 4. The molecule has 5 nitrogen and oxygen atoms in total. The van der Waals surface area contributed by atoms with Gasteiger partial charge >= 0.3 is 0 Å². The van der Waals surface area contributed by atoms with Crippen LogP contribution in [0, 0.1) is 5.82 Å². The molecule has 1 aromatic rings. The Morgan fingerprint density at radius 3 is 2.95 bits per heavy atom. The van der Waals surface area contributed by atoms with Crippen molar-refractivity contribution in [3.63, 3.8) is 0 Å². The predicted molar refractivity (Wildman–Crippen MR) is 79.2 cm³/mol. The lowest BCUT2D eigenvalue weighted by atomic mass is 10.0. The van der Waals surface area contributed by atoms with Gasteiger partial charge in [0.05, 0.1) is 13.7 Å². The second-order valence-corrected chi connectivity index (χ2v) is 6.14. The van der Waals surface area contributed by atoms with E-state index in [0.717, 1.165) is 13.0 Å². The maximum atomic E-state index is 13.9. The van der Waals surface area contributed by atoms with Gasteiger partial charge in [0, 0.05) is 32.2 Å². The third-order valence-electron chi connectivity index (χ3n) is 4.50. The first-order chi connectivity index (χ1) is 10.5. The van der Waals surface area contributed by atoms with E-state index in [9.17, 15) is 9.18 Å². The number of likely N-dealkylation sites (N-methyl/N-ethyl adjacent to an activating group) is 1. The van der Waals surface area contributed by atoms with Crippen molar-refractivity contribution in [2.75, 3.05) is 40.4 Å². The molecule has 1 amide bonds. The lowest BCUT2D eigenvalue weighted by Gasteiger charge is -2.38. The molecule has 2 fully saturated rings. The normalized spacial score (nSPS) is 26.0. The number of rotatable bonds is 3. The van der Waals surface area contributed by atoms with E-state index in [-0.39, 0.29) is 23.9 Å². The maximum Gasteiger partial charge on any atom is 0.248 e. The van der Waals surface area contributed by atoms with Gasteiger partial charge in [-0.2, -0.15) is 0 Å². The lowest BCUT2D eigenvalue weighted by molar-refractivity contribution is -0.159. The van der Waals surface area contributed by atoms with Crippen LogP contribution in [0.1, 0.15) is 12.0 Å². The Labute approximate surface area is 129 Å². The fourth-order valence-corrected chi connectivity index (χ4v) is 3.24. The minimum atomic E-state index is -0.308. The summed E-state index contributed by atoms with van der Waals surface area (Å²) in [6, 6.07) is 4.79. The molecule has 0 bridgehead atoms. The van der Waals surface area contributed by atoms with Crippen molar-refractivity contribution in [2.24, 2.45) is 0 Å². The number of amides is 1. The van der Waals surface area contributed by atoms with Gasteiger partial charge in [0.15, 0.2) is 0 Å². The van der Waals surface area contributed by atoms with Crippen LogP contribution in [0.3, 0.4) is 0 Å². The Balaban J connectivity index is 1.67. The first-order valence-electron chi connectivity index (χ1n) is 7.44. The number of nitrogens with zero attached hydrogens (tertiary/aromatic N) is 2. The number of methoxy groups -OCH3 is 1. The van der Waals surface area contributed by atoms with Crippen LogP contribution in [-0.2, 0) is 16.1 Å². The molecule has 2 saturated heterocycles. The molecule has 0 saturated carbocycles. The predicted octanol–water partition coefficient (Wildman–Crippen LogP) is 1.27. The number of benzene rings is 1. The molecule has 0 aromatic heterocycles. The third-order valence-corrected chi connectivity index (χ3v) is 4.50. The number of carbonyl (C=O) groups is 1. The molecule has 0 aliphatic carbocycles. The SMILES string of the molecule is COc1ccc(F)c(CN2CC[C@]3(C2)CN(C)C(=O)CO3)c1. The summed E-state index contributed by atoms with van der Waals surface area (Å²) in [5.74, 6) is 0.450. The number of halogens is 1. The summed E-state index contributed by atoms with van der Waals surface area (Å²) < 4.78 is 24.9. The highest BCUT2D eigenvalue weighted by molar-refractivity contribution is 5.78. The molecule has 0 radical (unpaired) electrons. The van der Waals surface area contributed by atoms with Crippen LogP contribution in [0.15, 0.2) is 18.2 Å². The van der Waals surface area contributed by atoms with E-state index in [4.69, 9.17) is 9.47 Å². The molecule has 22 heavy (non-hydrogen) atoms. The number of likely N-dealkylation sites (tertiary alicyclic amines) is 1. The molecule has 6 heteroatoms. The van der Waals surface area contributed by atoms with Gasteiger partial charge in [-0.25, -0.2) is 4.39 Å². The van der Waals surface area contributed by atoms with Crippen molar-refractivity contribution in [1.82, 2.24) is 9.80 Å². The fourth-order valence-electron chi connectivity index (χ4n) is 3.24. The first-order valence-corrected chi connectivity index (χ1v) is 7.44. The fraction of sp³-hybridized carbons (Fsp3) is 0.562. The van der Waals surface area contributed by atoms with Crippen LogP contribution in [-0.4, -0.2) is 61.7 Å². The van der Waals surface area contributed by atoms with Crippen molar-refractivity contribution in [1.29, 1.82) is 0 Å². The highest BCUT2D eigenvalue weighted by atomic mass is 19.1. The topological polar surface area (TPSA) is 42.0 Å². The van der Waals surface area contributed by atoms with Crippen LogP contribution in [0.2, 0.25) is 0 Å². The van der Waals surface area contributed by atoms with Gasteiger partial charge in [-0.05, 0) is 24.6 Å². The maximum absolute atomic E-state index is 13.9. The lowest BCUT2D eigenvalue weighted by Crippen LogP contribution is -2.54. The van der Waals surface area contributed by atoms with Crippen LogP contribution in [0.25, 0.3) is 0 Å². The second kappa shape index (κ2) is 5.85. The van der Waals surface area contributed by atoms with E-state index in [2.05, 4.69) is 4.90 Å². The van der Waals surface area contributed by atoms with Crippen LogP contribution in [0.4, 0.5) is 4.39 Å².